The average Bonchev–Trinajstić information content (AvgIpc) is 3.32. The Labute approximate surface area is 122 Å². The number of rotatable bonds is 7. The van der Waals surface area contributed by atoms with Gasteiger partial charge in [-0.05, 0) is 18.9 Å². The van der Waals surface area contributed by atoms with Crippen LogP contribution in [0, 0.1) is 11.7 Å². The van der Waals surface area contributed by atoms with Crippen molar-refractivity contribution < 1.29 is 14.4 Å². The number of amidine groups is 1. The molecule has 7 heteroatoms. The van der Waals surface area contributed by atoms with Crippen molar-refractivity contribution in [3.8, 4) is 0 Å². The van der Waals surface area contributed by atoms with E-state index >= 15 is 0 Å². The van der Waals surface area contributed by atoms with Gasteiger partial charge in [-0.15, -0.1) is 0 Å². The summed E-state index contributed by atoms with van der Waals surface area (Å²) in [7, 11) is 0. The summed E-state index contributed by atoms with van der Waals surface area (Å²) in [6.45, 7) is 1.45. The van der Waals surface area contributed by atoms with Gasteiger partial charge in [0.15, 0.2) is 5.84 Å². The number of benzene rings is 1. The van der Waals surface area contributed by atoms with Crippen LogP contribution < -0.4 is 16.4 Å². The molecule has 1 aromatic rings. The van der Waals surface area contributed by atoms with E-state index in [4.69, 9.17) is 10.9 Å². The van der Waals surface area contributed by atoms with Crippen molar-refractivity contribution in [2.75, 3.05) is 13.1 Å². The number of oxime groups is 1. The van der Waals surface area contributed by atoms with E-state index in [1.165, 1.54) is 6.07 Å². The lowest BCUT2D eigenvalue weighted by Gasteiger charge is -2.08. The van der Waals surface area contributed by atoms with Crippen molar-refractivity contribution in [2.45, 2.75) is 19.4 Å². The molecule has 1 saturated carbocycles. The molecule has 5 N–H and O–H groups in total. The normalized spacial score (nSPS) is 15.0. The van der Waals surface area contributed by atoms with E-state index in [1.807, 2.05) is 0 Å². The van der Waals surface area contributed by atoms with Gasteiger partial charge in [-0.3, -0.25) is 4.79 Å². The first-order chi connectivity index (χ1) is 10.1. The van der Waals surface area contributed by atoms with E-state index in [2.05, 4.69) is 15.8 Å². The summed E-state index contributed by atoms with van der Waals surface area (Å²) >= 11 is 0. The summed E-state index contributed by atoms with van der Waals surface area (Å²) in [6, 6.07) is 4.39. The second-order valence-corrected chi connectivity index (χ2v) is 5.03. The first-order valence-electron chi connectivity index (χ1n) is 6.86. The molecule has 1 aliphatic carbocycles. The van der Waals surface area contributed by atoms with Crippen LogP contribution in [0.5, 0.6) is 0 Å². The molecule has 114 valence electrons. The summed E-state index contributed by atoms with van der Waals surface area (Å²) in [5.41, 5.74) is 6.20. The van der Waals surface area contributed by atoms with Crippen molar-refractivity contribution in [1.82, 2.24) is 10.6 Å². The molecule has 0 aromatic heterocycles. The summed E-state index contributed by atoms with van der Waals surface area (Å²) in [5, 5.41) is 17.2. The van der Waals surface area contributed by atoms with Crippen LogP contribution in [0.15, 0.2) is 23.4 Å². The predicted octanol–water partition coefficient (Wildman–Crippen LogP) is 0.536. The molecule has 1 amide bonds. The first-order valence-corrected chi connectivity index (χ1v) is 6.86. The van der Waals surface area contributed by atoms with E-state index in [0.29, 0.717) is 30.8 Å². The molecule has 2 rings (SSSR count). The highest BCUT2D eigenvalue weighted by Gasteiger charge is 2.28. The Kier molecular flexibility index (Phi) is 5.10. The fourth-order valence-electron chi connectivity index (χ4n) is 1.89. The third kappa shape index (κ3) is 4.42. The molecular weight excluding hydrogens is 275 g/mol. The van der Waals surface area contributed by atoms with Gasteiger partial charge >= 0.3 is 0 Å². The molecule has 1 fully saturated rings. The van der Waals surface area contributed by atoms with Crippen LogP contribution in [0.3, 0.4) is 0 Å². The molecule has 0 atom stereocenters. The maximum absolute atomic E-state index is 13.8. The van der Waals surface area contributed by atoms with Gasteiger partial charge in [0, 0.05) is 36.7 Å². The van der Waals surface area contributed by atoms with Crippen LogP contribution in [-0.4, -0.2) is 30.0 Å². The molecule has 0 unspecified atom stereocenters. The molecular formula is C14H19FN4O2. The van der Waals surface area contributed by atoms with Crippen molar-refractivity contribution >= 4 is 11.7 Å². The maximum Gasteiger partial charge on any atom is 0.223 e. The topological polar surface area (TPSA) is 99.7 Å². The van der Waals surface area contributed by atoms with Gasteiger partial charge in [0.1, 0.15) is 5.82 Å². The second kappa shape index (κ2) is 7.03. The van der Waals surface area contributed by atoms with E-state index in [0.717, 1.165) is 12.8 Å². The zero-order chi connectivity index (χ0) is 15.2. The fraction of sp³-hybridized carbons (Fsp3) is 0.429. The summed E-state index contributed by atoms with van der Waals surface area (Å²) in [6.07, 6.45) is 1.97. The van der Waals surface area contributed by atoms with Crippen molar-refractivity contribution in [3.05, 3.63) is 35.1 Å². The highest BCUT2D eigenvalue weighted by Crippen LogP contribution is 2.28. The Balaban J connectivity index is 1.74. The van der Waals surface area contributed by atoms with E-state index in [-0.39, 0.29) is 17.7 Å². The average molecular weight is 294 g/mol. The molecule has 1 aliphatic rings. The highest BCUT2D eigenvalue weighted by molar-refractivity contribution is 5.97. The summed E-state index contributed by atoms with van der Waals surface area (Å²) < 4.78 is 13.8. The van der Waals surface area contributed by atoms with Crippen LogP contribution in [-0.2, 0) is 11.3 Å². The van der Waals surface area contributed by atoms with Crippen LogP contribution >= 0.6 is 0 Å². The molecule has 0 saturated heterocycles. The molecule has 0 aliphatic heterocycles. The summed E-state index contributed by atoms with van der Waals surface area (Å²) in [5.74, 6) is -0.246. The lowest BCUT2D eigenvalue weighted by atomic mass is 10.1. The van der Waals surface area contributed by atoms with E-state index in [9.17, 15) is 9.18 Å². The molecule has 0 bridgehead atoms. The zero-order valence-corrected chi connectivity index (χ0v) is 11.6. The number of hydrogen-bond donors (Lipinski definition) is 4. The van der Waals surface area contributed by atoms with Crippen LogP contribution in [0.1, 0.15) is 24.0 Å². The minimum Gasteiger partial charge on any atom is -0.409 e. The van der Waals surface area contributed by atoms with Crippen molar-refractivity contribution in [3.63, 3.8) is 0 Å². The van der Waals surface area contributed by atoms with Crippen LogP contribution in [0.2, 0.25) is 0 Å². The Bertz CT molecular complexity index is 544. The number of hydrogen-bond acceptors (Lipinski definition) is 4. The molecule has 6 nitrogen and oxygen atoms in total. The number of halogens is 1. The quantitative estimate of drug-likeness (QED) is 0.194. The lowest BCUT2D eigenvalue weighted by molar-refractivity contribution is -0.122. The lowest BCUT2D eigenvalue weighted by Crippen LogP contribution is -2.32. The Hall–Kier alpha value is -2.15. The highest BCUT2D eigenvalue weighted by atomic mass is 19.1. The maximum atomic E-state index is 13.8. The van der Waals surface area contributed by atoms with E-state index in [1.54, 1.807) is 12.1 Å². The number of carbonyl (C=O) groups is 1. The van der Waals surface area contributed by atoms with Gasteiger partial charge in [0.2, 0.25) is 5.91 Å². The van der Waals surface area contributed by atoms with E-state index < -0.39 is 5.82 Å². The van der Waals surface area contributed by atoms with Gasteiger partial charge < -0.3 is 21.6 Å². The molecule has 1 aromatic carbocycles. The Morgan fingerprint density at radius 2 is 2.19 bits per heavy atom. The third-order valence-electron chi connectivity index (χ3n) is 3.32. The SMILES string of the molecule is N/C(=N/O)c1ccc(CNCCNC(=O)C2CC2)c(F)c1. The van der Waals surface area contributed by atoms with Crippen molar-refractivity contribution in [1.29, 1.82) is 0 Å². The zero-order valence-electron chi connectivity index (χ0n) is 11.6. The smallest absolute Gasteiger partial charge is 0.223 e. The van der Waals surface area contributed by atoms with Gasteiger partial charge in [0.25, 0.3) is 0 Å². The van der Waals surface area contributed by atoms with Crippen LogP contribution in [0.25, 0.3) is 0 Å². The number of carbonyl (C=O) groups excluding carboxylic acids is 1. The molecule has 0 heterocycles. The fourth-order valence-corrected chi connectivity index (χ4v) is 1.89. The first kappa shape index (κ1) is 15.2. The number of nitrogens with one attached hydrogen (secondary N) is 2. The van der Waals surface area contributed by atoms with Crippen LogP contribution in [0.4, 0.5) is 4.39 Å². The third-order valence-corrected chi connectivity index (χ3v) is 3.32. The molecule has 0 spiro atoms. The monoisotopic (exact) mass is 294 g/mol. The predicted molar refractivity (Wildman–Crippen MR) is 76.4 cm³/mol. The van der Waals surface area contributed by atoms with Gasteiger partial charge in [-0.25, -0.2) is 4.39 Å². The van der Waals surface area contributed by atoms with Gasteiger partial charge in [0.05, 0.1) is 0 Å². The number of nitrogens with two attached hydrogens (primary N) is 1. The van der Waals surface area contributed by atoms with Crippen molar-refractivity contribution in [2.24, 2.45) is 16.8 Å². The Morgan fingerprint density at radius 1 is 1.43 bits per heavy atom. The molecule has 21 heavy (non-hydrogen) atoms. The van der Waals surface area contributed by atoms with Gasteiger partial charge in [-0.1, -0.05) is 17.3 Å². The number of nitrogens with zero attached hydrogens (tertiary/aromatic N) is 1. The Morgan fingerprint density at radius 3 is 2.81 bits per heavy atom. The second-order valence-electron chi connectivity index (χ2n) is 5.03. The molecule has 0 radical (unpaired) electrons. The number of amides is 1. The minimum atomic E-state index is -0.423. The standard InChI is InChI=1S/C14H19FN4O2/c15-12-7-10(13(16)19-21)3-4-11(12)8-17-5-6-18-14(20)9-1-2-9/h3-4,7,9,17,21H,1-2,5-6,8H2,(H2,16,19)(H,18,20). The largest absolute Gasteiger partial charge is 0.409 e. The van der Waals surface area contributed by atoms with Gasteiger partial charge in [-0.2, -0.15) is 0 Å². The minimum absolute atomic E-state index is 0.103. The summed E-state index contributed by atoms with van der Waals surface area (Å²) in [4.78, 5) is 11.4.